The monoisotopic (exact) mass is 351 g/mol. The normalized spacial score (nSPS) is 11.5. The summed E-state index contributed by atoms with van der Waals surface area (Å²) < 4.78 is 27.2. The zero-order valence-electron chi connectivity index (χ0n) is 13.9. The van der Waals surface area contributed by atoms with E-state index in [1.165, 1.54) is 0 Å². The first-order valence-corrected chi connectivity index (χ1v) is 7.64. The summed E-state index contributed by atoms with van der Waals surface area (Å²) in [5, 5.41) is 0.539. The molecule has 0 aliphatic carbocycles. The van der Waals surface area contributed by atoms with Gasteiger partial charge in [-0.25, -0.2) is 0 Å². The second-order valence-corrected chi connectivity index (χ2v) is 5.25. The van der Waals surface area contributed by atoms with Gasteiger partial charge in [0.1, 0.15) is 24.2 Å². The molecule has 2 aromatic rings. The van der Waals surface area contributed by atoms with Crippen molar-refractivity contribution in [2.75, 3.05) is 27.9 Å². The standard InChI is InChI=1S/C18H20ClO5/c1-12(11-23-15-8-6-5-7-14(15)19)24-13-9-16(20-2)18(22-4)17(10-13)21-3/h5-10,12H,1,11H2,2-4H3. The predicted molar refractivity (Wildman–Crippen MR) is 92.8 cm³/mol. The van der Waals surface area contributed by atoms with Gasteiger partial charge >= 0.3 is 0 Å². The molecule has 0 bridgehead atoms. The first-order chi connectivity index (χ1) is 11.6. The average Bonchev–Trinajstić information content (AvgIpc) is 2.60. The largest absolute Gasteiger partial charge is 0.493 e. The summed E-state index contributed by atoms with van der Waals surface area (Å²) in [6.07, 6.45) is -0.455. The molecule has 1 atom stereocenters. The van der Waals surface area contributed by atoms with Gasteiger partial charge in [-0.15, -0.1) is 0 Å². The van der Waals surface area contributed by atoms with E-state index in [0.717, 1.165) is 0 Å². The number of ether oxygens (including phenoxy) is 5. The van der Waals surface area contributed by atoms with Gasteiger partial charge in [-0.05, 0) is 19.1 Å². The molecule has 2 rings (SSSR count). The van der Waals surface area contributed by atoms with Crippen LogP contribution in [0.4, 0.5) is 0 Å². The first-order valence-electron chi connectivity index (χ1n) is 7.26. The van der Waals surface area contributed by atoms with E-state index < -0.39 is 6.10 Å². The highest BCUT2D eigenvalue weighted by Gasteiger charge is 2.15. The van der Waals surface area contributed by atoms with Gasteiger partial charge in [-0.2, -0.15) is 0 Å². The number of hydrogen-bond acceptors (Lipinski definition) is 5. The van der Waals surface area contributed by atoms with E-state index in [0.29, 0.717) is 33.8 Å². The van der Waals surface area contributed by atoms with Crippen LogP contribution >= 0.6 is 11.6 Å². The van der Waals surface area contributed by atoms with Crippen molar-refractivity contribution in [2.24, 2.45) is 0 Å². The molecule has 129 valence electrons. The van der Waals surface area contributed by atoms with E-state index >= 15 is 0 Å². The summed E-state index contributed by atoms with van der Waals surface area (Å²) in [5.74, 6) is 2.63. The van der Waals surface area contributed by atoms with Crippen molar-refractivity contribution in [3.8, 4) is 28.7 Å². The Balaban J connectivity index is 2.06. The lowest BCUT2D eigenvalue weighted by atomic mass is 10.2. The molecule has 1 unspecified atom stereocenters. The highest BCUT2D eigenvalue weighted by atomic mass is 35.5. The quantitative estimate of drug-likeness (QED) is 0.718. The van der Waals surface area contributed by atoms with Crippen LogP contribution in [0.15, 0.2) is 36.4 Å². The zero-order valence-corrected chi connectivity index (χ0v) is 14.6. The van der Waals surface area contributed by atoms with Crippen LogP contribution in [0.5, 0.6) is 28.7 Å². The molecule has 0 aliphatic heterocycles. The van der Waals surface area contributed by atoms with Crippen LogP contribution in [-0.4, -0.2) is 34.0 Å². The molecule has 6 heteroatoms. The van der Waals surface area contributed by atoms with Gasteiger partial charge in [-0.1, -0.05) is 23.7 Å². The van der Waals surface area contributed by atoms with Crippen LogP contribution in [0.2, 0.25) is 5.02 Å². The second-order valence-electron chi connectivity index (χ2n) is 4.84. The number of hydrogen-bond donors (Lipinski definition) is 0. The van der Waals surface area contributed by atoms with Gasteiger partial charge < -0.3 is 23.7 Å². The van der Waals surface area contributed by atoms with Crippen molar-refractivity contribution in [3.05, 3.63) is 48.3 Å². The van der Waals surface area contributed by atoms with E-state index in [-0.39, 0.29) is 6.61 Å². The van der Waals surface area contributed by atoms with E-state index in [1.807, 2.05) is 12.1 Å². The number of benzene rings is 2. The molecule has 0 heterocycles. The highest BCUT2D eigenvalue weighted by molar-refractivity contribution is 6.32. The third kappa shape index (κ3) is 4.38. The number of halogens is 1. The molecule has 0 aromatic heterocycles. The molecule has 0 saturated carbocycles. The number of rotatable bonds is 8. The molecule has 1 radical (unpaired) electrons. The maximum atomic E-state index is 6.05. The summed E-state index contributed by atoms with van der Waals surface area (Å²) in [4.78, 5) is 0. The summed E-state index contributed by atoms with van der Waals surface area (Å²) in [6.45, 7) is 4.16. The Labute approximate surface area is 147 Å². The summed E-state index contributed by atoms with van der Waals surface area (Å²) in [7, 11) is 4.63. The lowest BCUT2D eigenvalue weighted by molar-refractivity contribution is 0.161. The Morgan fingerprint density at radius 2 is 1.58 bits per heavy atom. The fourth-order valence-electron chi connectivity index (χ4n) is 2.10. The van der Waals surface area contributed by atoms with E-state index in [4.69, 9.17) is 35.3 Å². The lowest BCUT2D eigenvalue weighted by Gasteiger charge is -2.18. The molecule has 0 spiro atoms. The molecule has 0 N–H and O–H groups in total. The Kier molecular flexibility index (Phi) is 6.44. The first kappa shape index (κ1) is 18.1. The lowest BCUT2D eigenvalue weighted by Crippen LogP contribution is -2.21. The SMILES string of the molecule is [CH2]C(COc1ccccc1Cl)Oc1cc(OC)c(OC)c(OC)c1. The van der Waals surface area contributed by atoms with Crippen LogP contribution in [0.25, 0.3) is 0 Å². The summed E-state index contributed by atoms with van der Waals surface area (Å²) >= 11 is 6.05. The van der Waals surface area contributed by atoms with Gasteiger partial charge in [0.25, 0.3) is 0 Å². The zero-order chi connectivity index (χ0) is 17.5. The van der Waals surface area contributed by atoms with Crippen molar-refractivity contribution in [1.29, 1.82) is 0 Å². The van der Waals surface area contributed by atoms with Crippen molar-refractivity contribution in [3.63, 3.8) is 0 Å². The maximum absolute atomic E-state index is 6.05. The van der Waals surface area contributed by atoms with Gasteiger partial charge in [0.2, 0.25) is 5.75 Å². The van der Waals surface area contributed by atoms with Crippen molar-refractivity contribution < 1.29 is 23.7 Å². The van der Waals surface area contributed by atoms with E-state index in [2.05, 4.69) is 6.92 Å². The molecule has 0 aliphatic rings. The van der Waals surface area contributed by atoms with Crippen molar-refractivity contribution in [2.45, 2.75) is 6.10 Å². The van der Waals surface area contributed by atoms with Crippen LogP contribution in [0.3, 0.4) is 0 Å². The van der Waals surface area contributed by atoms with Crippen molar-refractivity contribution >= 4 is 11.6 Å². The Morgan fingerprint density at radius 3 is 2.12 bits per heavy atom. The Bertz CT molecular complexity index is 649. The number of para-hydroxylation sites is 1. The second kappa shape index (κ2) is 8.55. The smallest absolute Gasteiger partial charge is 0.203 e. The van der Waals surface area contributed by atoms with E-state index in [1.54, 1.807) is 45.6 Å². The molecule has 0 fully saturated rings. The van der Waals surface area contributed by atoms with Crippen LogP contribution < -0.4 is 23.7 Å². The van der Waals surface area contributed by atoms with Crippen LogP contribution in [-0.2, 0) is 0 Å². The minimum atomic E-state index is -0.455. The van der Waals surface area contributed by atoms with Gasteiger partial charge in [-0.3, -0.25) is 0 Å². The fourth-order valence-corrected chi connectivity index (χ4v) is 2.29. The molecule has 24 heavy (non-hydrogen) atoms. The Morgan fingerprint density at radius 1 is 0.958 bits per heavy atom. The van der Waals surface area contributed by atoms with Crippen molar-refractivity contribution in [1.82, 2.24) is 0 Å². The number of methoxy groups -OCH3 is 3. The molecule has 5 nitrogen and oxygen atoms in total. The average molecular weight is 352 g/mol. The third-order valence-corrected chi connectivity index (χ3v) is 3.51. The van der Waals surface area contributed by atoms with Crippen LogP contribution in [0, 0.1) is 6.92 Å². The molecular weight excluding hydrogens is 332 g/mol. The predicted octanol–water partition coefficient (Wildman–Crippen LogP) is 4.03. The van der Waals surface area contributed by atoms with E-state index in [9.17, 15) is 0 Å². The fraction of sp³-hybridized carbons (Fsp3) is 0.278. The maximum Gasteiger partial charge on any atom is 0.203 e. The molecular formula is C18H20ClO5. The minimum Gasteiger partial charge on any atom is -0.493 e. The Hall–Kier alpha value is -2.27. The van der Waals surface area contributed by atoms with Gasteiger partial charge in [0.15, 0.2) is 11.5 Å². The summed E-state index contributed by atoms with van der Waals surface area (Å²) in [6, 6.07) is 10.6. The third-order valence-electron chi connectivity index (χ3n) is 3.20. The minimum absolute atomic E-state index is 0.237. The summed E-state index contributed by atoms with van der Waals surface area (Å²) in [5.41, 5.74) is 0. The molecule has 0 amide bonds. The molecule has 2 aromatic carbocycles. The van der Waals surface area contributed by atoms with Gasteiger partial charge in [0.05, 0.1) is 26.4 Å². The highest BCUT2D eigenvalue weighted by Crippen LogP contribution is 2.41. The molecule has 0 saturated heterocycles. The topological polar surface area (TPSA) is 46.2 Å². The van der Waals surface area contributed by atoms with Crippen LogP contribution in [0.1, 0.15) is 0 Å². The van der Waals surface area contributed by atoms with Gasteiger partial charge in [0, 0.05) is 12.1 Å².